The number of carbonyl (C=O) groups excluding carboxylic acids is 2. The van der Waals surface area contributed by atoms with Crippen molar-refractivity contribution in [3.05, 3.63) is 11.8 Å². The Morgan fingerprint density at radius 2 is 1.54 bits per heavy atom. The molecule has 2 spiro atoms. The quantitative estimate of drug-likeness (QED) is 0.434. The maximum atomic E-state index is 13.5. The van der Waals surface area contributed by atoms with Crippen LogP contribution in [-0.2, 0) is 14.3 Å². The molecule has 2 heterocycles. The third kappa shape index (κ3) is 2.10. The SMILES string of the molecule is CC1(C)CCC23OC1C1C4CCC5[C@@]6(C)C=C(O)C(=O)C(C)(C)C6CC[C@@]5(C)[C@@]4(C)CCC12C3=O. The molecule has 5 aliphatic carbocycles. The van der Waals surface area contributed by atoms with Crippen LogP contribution in [0.3, 0.4) is 0 Å². The highest BCUT2D eigenvalue weighted by Crippen LogP contribution is 2.84. The summed E-state index contributed by atoms with van der Waals surface area (Å²) < 4.78 is 6.82. The third-order valence-corrected chi connectivity index (χ3v) is 14.3. The van der Waals surface area contributed by atoms with E-state index in [0.29, 0.717) is 23.5 Å². The lowest BCUT2D eigenvalue weighted by Gasteiger charge is -2.70. The van der Waals surface area contributed by atoms with E-state index in [4.69, 9.17) is 4.74 Å². The van der Waals surface area contributed by atoms with E-state index in [2.05, 4.69) is 48.5 Å². The zero-order chi connectivity index (χ0) is 25.2. The zero-order valence-corrected chi connectivity index (χ0v) is 22.8. The molecule has 2 bridgehead atoms. The Kier molecular flexibility index (Phi) is 3.90. The molecule has 0 aromatic heterocycles. The third-order valence-electron chi connectivity index (χ3n) is 14.3. The van der Waals surface area contributed by atoms with Crippen LogP contribution in [0, 0.1) is 56.2 Å². The number of rotatable bonds is 0. The summed E-state index contributed by atoms with van der Waals surface area (Å²) in [5.74, 6) is 1.88. The van der Waals surface area contributed by atoms with Gasteiger partial charge in [-0.05, 0) is 96.9 Å². The minimum absolute atomic E-state index is 0.0156. The van der Waals surface area contributed by atoms with Gasteiger partial charge in [0.2, 0.25) is 5.78 Å². The number of allylic oxidation sites excluding steroid dienone is 2. The molecule has 7 unspecified atom stereocenters. The number of hydrogen-bond donors (Lipinski definition) is 1. The van der Waals surface area contributed by atoms with Crippen LogP contribution in [0.4, 0.5) is 0 Å². The van der Waals surface area contributed by atoms with E-state index in [1.165, 1.54) is 0 Å². The van der Waals surface area contributed by atoms with E-state index >= 15 is 0 Å². The van der Waals surface area contributed by atoms with Gasteiger partial charge in [-0.3, -0.25) is 9.59 Å². The van der Waals surface area contributed by atoms with Gasteiger partial charge in [-0.2, -0.15) is 0 Å². The Morgan fingerprint density at radius 1 is 0.829 bits per heavy atom. The first kappa shape index (κ1) is 23.0. The molecule has 6 fully saturated rings. The molecule has 2 saturated heterocycles. The first-order chi connectivity index (χ1) is 16.1. The Labute approximate surface area is 210 Å². The van der Waals surface area contributed by atoms with Crippen molar-refractivity contribution in [1.82, 2.24) is 0 Å². The van der Waals surface area contributed by atoms with Crippen LogP contribution in [0.1, 0.15) is 99.8 Å². The Morgan fingerprint density at radius 3 is 2.26 bits per heavy atom. The average Bonchev–Trinajstić information content (AvgIpc) is 3.11. The van der Waals surface area contributed by atoms with Crippen molar-refractivity contribution in [2.45, 2.75) is 112 Å². The molecule has 4 saturated carbocycles. The fourth-order valence-corrected chi connectivity index (χ4v) is 12.3. The molecule has 35 heavy (non-hydrogen) atoms. The molecule has 1 N–H and O–H groups in total. The first-order valence-corrected chi connectivity index (χ1v) is 14.3. The maximum Gasteiger partial charge on any atom is 0.202 e. The van der Waals surface area contributed by atoms with Crippen molar-refractivity contribution in [1.29, 1.82) is 0 Å². The molecule has 4 heteroatoms. The van der Waals surface area contributed by atoms with Crippen molar-refractivity contribution in [3.63, 3.8) is 0 Å². The van der Waals surface area contributed by atoms with Gasteiger partial charge in [0.05, 0.1) is 11.5 Å². The number of ketones is 2. The second kappa shape index (κ2) is 5.94. The van der Waals surface area contributed by atoms with E-state index in [1.807, 2.05) is 6.08 Å². The predicted molar refractivity (Wildman–Crippen MR) is 134 cm³/mol. The van der Waals surface area contributed by atoms with Gasteiger partial charge in [-0.1, -0.05) is 48.5 Å². The molecule has 0 radical (unpaired) electrons. The Hall–Kier alpha value is -1.16. The summed E-state index contributed by atoms with van der Waals surface area (Å²) in [6.45, 7) is 16.3. The molecular weight excluding hydrogens is 436 g/mol. The largest absolute Gasteiger partial charge is 0.505 e. The molecule has 10 atom stereocenters. The van der Waals surface area contributed by atoms with E-state index in [0.717, 1.165) is 51.4 Å². The normalized spacial score (nSPS) is 58.8. The smallest absolute Gasteiger partial charge is 0.202 e. The summed E-state index contributed by atoms with van der Waals surface area (Å²) in [6.07, 6.45) is 10.7. The predicted octanol–water partition coefficient (Wildman–Crippen LogP) is 6.43. The summed E-state index contributed by atoms with van der Waals surface area (Å²) in [5.41, 5.74) is -1.01. The van der Waals surface area contributed by atoms with Crippen LogP contribution < -0.4 is 0 Å². The van der Waals surface area contributed by atoms with Gasteiger partial charge in [-0.25, -0.2) is 0 Å². The Bertz CT molecular complexity index is 1100. The number of carbonyl (C=O) groups is 2. The molecule has 4 nitrogen and oxygen atoms in total. The van der Waals surface area contributed by atoms with Crippen LogP contribution in [0.5, 0.6) is 0 Å². The van der Waals surface area contributed by atoms with Crippen LogP contribution in [-0.4, -0.2) is 28.4 Å². The number of Topliss-reactive ketones (excluding diaryl/α,β-unsaturated/α-hetero) is 2. The lowest BCUT2D eigenvalue weighted by atomic mass is 9.33. The van der Waals surface area contributed by atoms with Crippen LogP contribution >= 0.6 is 0 Å². The standard InChI is InChI=1S/C31H44O4/c1-25(2)12-15-31-24(34)30(31)14-13-28(6)17(21(30)23(25)35-31)8-9-20-27(5)16-18(32)22(33)26(3,4)19(27)10-11-29(20,28)7/h16-17,19-21,23,32H,8-15H2,1-7H3/t17?,19?,20?,21?,23?,27-,28-,29+,30?,31?/m0/s1. The lowest BCUT2D eigenvalue weighted by molar-refractivity contribution is -0.219. The molecule has 0 amide bonds. The molecule has 7 rings (SSSR count). The van der Waals surface area contributed by atoms with Gasteiger partial charge in [-0.15, -0.1) is 0 Å². The topological polar surface area (TPSA) is 63.6 Å². The van der Waals surface area contributed by atoms with Crippen LogP contribution in [0.15, 0.2) is 11.8 Å². The first-order valence-electron chi connectivity index (χ1n) is 14.3. The van der Waals surface area contributed by atoms with Crippen LogP contribution in [0.2, 0.25) is 0 Å². The molecule has 0 aromatic rings. The molecule has 0 aromatic carbocycles. The minimum atomic E-state index is -0.531. The van der Waals surface area contributed by atoms with Gasteiger partial charge in [0, 0.05) is 11.3 Å². The average molecular weight is 481 g/mol. The fourth-order valence-electron chi connectivity index (χ4n) is 12.3. The van der Waals surface area contributed by atoms with Gasteiger partial charge in [0.25, 0.3) is 0 Å². The van der Waals surface area contributed by atoms with Crippen LogP contribution in [0.25, 0.3) is 0 Å². The minimum Gasteiger partial charge on any atom is -0.505 e. The highest BCUT2D eigenvalue weighted by molar-refractivity contribution is 6.13. The summed E-state index contributed by atoms with van der Waals surface area (Å²) in [4.78, 5) is 26.5. The van der Waals surface area contributed by atoms with E-state index < -0.39 is 11.0 Å². The molecule has 2 aliphatic heterocycles. The molecular formula is C31H44O4. The number of ether oxygens (including phenoxy) is 1. The van der Waals surface area contributed by atoms with Gasteiger partial charge in [0.1, 0.15) is 5.60 Å². The highest BCUT2D eigenvalue weighted by atomic mass is 16.5. The number of aliphatic hydroxyl groups excluding tert-OH is 1. The Balaban J connectivity index is 1.33. The summed E-state index contributed by atoms with van der Waals surface area (Å²) in [6, 6.07) is 0. The zero-order valence-electron chi connectivity index (χ0n) is 22.8. The van der Waals surface area contributed by atoms with Crippen molar-refractivity contribution in [2.24, 2.45) is 56.2 Å². The van der Waals surface area contributed by atoms with E-state index in [1.54, 1.807) is 0 Å². The van der Waals surface area contributed by atoms with E-state index in [9.17, 15) is 14.7 Å². The second-order valence-corrected chi connectivity index (χ2v) is 15.8. The van der Waals surface area contributed by atoms with E-state index in [-0.39, 0.29) is 50.6 Å². The second-order valence-electron chi connectivity index (χ2n) is 15.8. The molecule has 7 aliphatic rings. The number of hydrogen-bond acceptors (Lipinski definition) is 4. The maximum absolute atomic E-state index is 13.5. The van der Waals surface area contributed by atoms with Crippen molar-refractivity contribution in [2.75, 3.05) is 0 Å². The summed E-state index contributed by atoms with van der Waals surface area (Å²) in [7, 11) is 0. The fraction of sp³-hybridized carbons (Fsp3) is 0.871. The summed E-state index contributed by atoms with van der Waals surface area (Å²) in [5, 5.41) is 10.8. The number of fused-ring (bicyclic) bond motifs is 8. The molecule has 192 valence electrons. The van der Waals surface area contributed by atoms with Gasteiger partial charge >= 0.3 is 0 Å². The van der Waals surface area contributed by atoms with Gasteiger partial charge in [0.15, 0.2) is 11.5 Å². The van der Waals surface area contributed by atoms with Gasteiger partial charge < -0.3 is 9.84 Å². The highest BCUT2D eigenvalue weighted by Gasteiger charge is 2.91. The van der Waals surface area contributed by atoms with Crippen molar-refractivity contribution in [3.8, 4) is 0 Å². The van der Waals surface area contributed by atoms with Crippen molar-refractivity contribution < 1.29 is 19.4 Å². The number of aliphatic hydroxyl groups is 1. The lowest BCUT2D eigenvalue weighted by Crippen LogP contribution is -2.66. The monoisotopic (exact) mass is 480 g/mol. The van der Waals surface area contributed by atoms with Crippen molar-refractivity contribution >= 4 is 11.6 Å². The summed E-state index contributed by atoms with van der Waals surface area (Å²) >= 11 is 0.